The fraction of sp³-hybridized carbons (Fsp3) is 0.286. The molecule has 0 aliphatic rings. The number of carbonyl (C=O) groups excluding carboxylic acids is 1. The van der Waals surface area contributed by atoms with E-state index < -0.39 is 35.4 Å². The number of H-pyrrole nitrogens is 1. The maximum atomic E-state index is 13.9. The summed E-state index contributed by atoms with van der Waals surface area (Å²) in [7, 11) is 0. The Balaban J connectivity index is 1.96. The first-order valence-electron chi connectivity index (χ1n) is 9.85. The van der Waals surface area contributed by atoms with Gasteiger partial charge in [-0.25, -0.2) is 13.6 Å². The van der Waals surface area contributed by atoms with Crippen LogP contribution in [0.2, 0.25) is 0 Å². The highest BCUT2D eigenvalue weighted by Crippen LogP contribution is 2.22. The molecule has 0 bridgehead atoms. The number of aromatic nitrogens is 2. The minimum Gasteiger partial charge on any atom is -0.481 e. The second-order valence-electron chi connectivity index (χ2n) is 6.92. The zero-order chi connectivity index (χ0) is 23.3. The molecule has 0 atom stereocenters. The van der Waals surface area contributed by atoms with Crippen molar-refractivity contribution in [2.45, 2.75) is 32.9 Å². The summed E-state index contributed by atoms with van der Waals surface area (Å²) in [5.74, 6) is -2.75. The summed E-state index contributed by atoms with van der Waals surface area (Å²) in [6, 6.07) is 5.82. The van der Waals surface area contributed by atoms with Gasteiger partial charge < -0.3 is 14.9 Å². The second-order valence-corrected chi connectivity index (χ2v) is 6.92. The molecule has 3 rings (SSSR count). The zero-order valence-electron chi connectivity index (χ0n) is 17.3. The standard InChI is InChI=1S/C21H22F2N4O5/c1-2-3-8-26-19(24)18(20(29)25-21(26)30)27(11-14-5-4-9-31-14)17(28)12-32-16-7-6-13(22)10-15(16)23/h4-7,9-10H,2-3,8,11-12,24H2,1H3,(H,25,29,30). The Hall–Kier alpha value is -3.89. The highest BCUT2D eigenvalue weighted by Gasteiger charge is 2.26. The lowest BCUT2D eigenvalue weighted by Gasteiger charge is -2.24. The fourth-order valence-corrected chi connectivity index (χ4v) is 3.04. The Morgan fingerprint density at radius 1 is 1.28 bits per heavy atom. The molecule has 32 heavy (non-hydrogen) atoms. The highest BCUT2D eigenvalue weighted by molar-refractivity contribution is 5.96. The van der Waals surface area contributed by atoms with Gasteiger partial charge in [-0.2, -0.15) is 0 Å². The molecule has 0 radical (unpaired) electrons. The molecule has 1 aromatic carbocycles. The normalized spacial score (nSPS) is 10.8. The van der Waals surface area contributed by atoms with Crippen molar-refractivity contribution in [2.75, 3.05) is 17.2 Å². The van der Waals surface area contributed by atoms with Crippen LogP contribution in [0.15, 0.2) is 50.6 Å². The smallest absolute Gasteiger partial charge is 0.330 e. The van der Waals surface area contributed by atoms with Gasteiger partial charge >= 0.3 is 5.69 Å². The van der Waals surface area contributed by atoms with Crippen LogP contribution < -0.4 is 26.6 Å². The lowest BCUT2D eigenvalue weighted by molar-refractivity contribution is -0.120. The summed E-state index contributed by atoms with van der Waals surface area (Å²) < 4.78 is 38.6. The molecule has 2 heterocycles. The molecule has 0 saturated carbocycles. The molecule has 0 aliphatic heterocycles. The Labute approximate surface area is 181 Å². The monoisotopic (exact) mass is 448 g/mol. The van der Waals surface area contributed by atoms with E-state index in [1.165, 1.54) is 10.8 Å². The zero-order valence-corrected chi connectivity index (χ0v) is 17.3. The Morgan fingerprint density at radius 2 is 2.06 bits per heavy atom. The van der Waals surface area contributed by atoms with E-state index >= 15 is 0 Å². The summed E-state index contributed by atoms with van der Waals surface area (Å²) in [5, 5.41) is 0. The molecule has 0 unspecified atom stereocenters. The largest absolute Gasteiger partial charge is 0.481 e. The Bertz CT molecular complexity index is 1200. The van der Waals surface area contributed by atoms with Gasteiger partial charge in [0.1, 0.15) is 17.4 Å². The van der Waals surface area contributed by atoms with E-state index in [-0.39, 0.29) is 30.3 Å². The molecule has 3 aromatic rings. The van der Waals surface area contributed by atoms with Crippen LogP contribution in [0.1, 0.15) is 25.5 Å². The molecular formula is C21H22F2N4O5. The molecule has 0 aliphatic carbocycles. The SMILES string of the molecule is CCCCn1c(N)c(N(Cc2ccco2)C(=O)COc2ccc(F)cc2F)c(=O)[nH]c1=O. The number of rotatable bonds is 9. The van der Waals surface area contributed by atoms with Crippen molar-refractivity contribution in [1.82, 2.24) is 9.55 Å². The van der Waals surface area contributed by atoms with Crippen LogP contribution in [0.4, 0.5) is 20.3 Å². The number of halogens is 2. The first-order valence-corrected chi connectivity index (χ1v) is 9.85. The topological polar surface area (TPSA) is 124 Å². The van der Waals surface area contributed by atoms with E-state index in [9.17, 15) is 23.2 Å². The number of nitrogens with one attached hydrogen (secondary N) is 1. The summed E-state index contributed by atoms with van der Waals surface area (Å²) in [4.78, 5) is 41.0. The fourth-order valence-electron chi connectivity index (χ4n) is 3.04. The molecule has 3 N–H and O–H groups in total. The number of aromatic amines is 1. The summed E-state index contributed by atoms with van der Waals surface area (Å²) in [6.45, 7) is 1.29. The predicted octanol–water partition coefficient (Wildman–Crippen LogP) is 2.40. The first kappa shape index (κ1) is 22.8. The summed E-state index contributed by atoms with van der Waals surface area (Å²) in [5.41, 5.74) is 4.30. The average molecular weight is 448 g/mol. The number of carbonyl (C=O) groups is 1. The van der Waals surface area contributed by atoms with Gasteiger partial charge in [0, 0.05) is 12.6 Å². The number of nitrogens with zero attached hydrogens (tertiary/aromatic N) is 2. The van der Waals surface area contributed by atoms with E-state index in [0.717, 1.165) is 23.5 Å². The number of nitrogens with two attached hydrogens (primary N) is 1. The number of furan rings is 1. The van der Waals surface area contributed by atoms with Crippen molar-refractivity contribution < 1.29 is 22.7 Å². The minimum atomic E-state index is -0.985. The average Bonchev–Trinajstić information content (AvgIpc) is 3.25. The maximum Gasteiger partial charge on any atom is 0.330 e. The third kappa shape index (κ3) is 5.05. The Morgan fingerprint density at radius 3 is 2.72 bits per heavy atom. The van der Waals surface area contributed by atoms with E-state index in [1.807, 2.05) is 6.92 Å². The van der Waals surface area contributed by atoms with Crippen molar-refractivity contribution >= 4 is 17.4 Å². The molecule has 0 saturated heterocycles. The van der Waals surface area contributed by atoms with Crippen molar-refractivity contribution in [3.63, 3.8) is 0 Å². The number of anilines is 2. The molecule has 9 nitrogen and oxygen atoms in total. The van der Waals surface area contributed by atoms with Crippen molar-refractivity contribution in [2.24, 2.45) is 0 Å². The number of unbranched alkanes of at least 4 members (excludes halogenated alkanes) is 1. The number of hydrogen-bond acceptors (Lipinski definition) is 6. The molecule has 0 spiro atoms. The van der Waals surface area contributed by atoms with Crippen LogP contribution in [0, 0.1) is 11.6 Å². The van der Waals surface area contributed by atoms with Crippen LogP contribution in [-0.4, -0.2) is 22.1 Å². The first-order chi connectivity index (χ1) is 15.3. The number of hydrogen-bond donors (Lipinski definition) is 2. The molecular weight excluding hydrogens is 426 g/mol. The van der Waals surface area contributed by atoms with E-state index in [0.29, 0.717) is 18.2 Å². The van der Waals surface area contributed by atoms with E-state index in [4.69, 9.17) is 14.9 Å². The molecule has 11 heteroatoms. The van der Waals surface area contributed by atoms with Crippen LogP contribution in [-0.2, 0) is 17.9 Å². The van der Waals surface area contributed by atoms with Crippen LogP contribution in [0.5, 0.6) is 5.75 Å². The van der Waals surface area contributed by atoms with Gasteiger partial charge in [-0.05, 0) is 30.7 Å². The number of ether oxygens (including phenoxy) is 1. The summed E-state index contributed by atoms with van der Waals surface area (Å²) in [6.07, 6.45) is 2.78. The molecule has 1 amide bonds. The minimum absolute atomic E-state index is 0.194. The van der Waals surface area contributed by atoms with E-state index in [2.05, 4.69) is 4.98 Å². The van der Waals surface area contributed by atoms with Crippen LogP contribution in [0.25, 0.3) is 0 Å². The maximum absolute atomic E-state index is 13.9. The molecule has 0 fully saturated rings. The molecule has 170 valence electrons. The highest BCUT2D eigenvalue weighted by atomic mass is 19.1. The van der Waals surface area contributed by atoms with Gasteiger partial charge in [-0.15, -0.1) is 0 Å². The number of nitrogen functional groups attached to an aromatic ring is 1. The second kappa shape index (κ2) is 9.94. The molecule has 2 aromatic heterocycles. The quantitative estimate of drug-likeness (QED) is 0.518. The van der Waals surface area contributed by atoms with E-state index in [1.54, 1.807) is 12.1 Å². The van der Waals surface area contributed by atoms with Gasteiger partial charge in [0.25, 0.3) is 11.5 Å². The Kier molecular flexibility index (Phi) is 7.08. The van der Waals surface area contributed by atoms with Crippen molar-refractivity contribution in [3.8, 4) is 5.75 Å². The van der Waals surface area contributed by atoms with Crippen LogP contribution >= 0.6 is 0 Å². The lowest BCUT2D eigenvalue weighted by atomic mass is 10.3. The van der Waals surface area contributed by atoms with Gasteiger partial charge in [0.05, 0.1) is 12.8 Å². The third-order valence-electron chi connectivity index (χ3n) is 4.66. The van der Waals surface area contributed by atoms with Gasteiger partial charge in [0.15, 0.2) is 23.9 Å². The predicted molar refractivity (Wildman–Crippen MR) is 112 cm³/mol. The third-order valence-corrected chi connectivity index (χ3v) is 4.66. The summed E-state index contributed by atoms with van der Waals surface area (Å²) >= 11 is 0. The van der Waals surface area contributed by atoms with Crippen molar-refractivity contribution in [1.29, 1.82) is 0 Å². The number of amides is 1. The van der Waals surface area contributed by atoms with Gasteiger partial charge in [0.2, 0.25) is 0 Å². The number of benzene rings is 1. The van der Waals surface area contributed by atoms with Gasteiger partial charge in [-0.1, -0.05) is 13.3 Å². The lowest BCUT2D eigenvalue weighted by Crippen LogP contribution is -2.42. The van der Waals surface area contributed by atoms with Gasteiger partial charge in [-0.3, -0.25) is 24.0 Å². The van der Waals surface area contributed by atoms with Crippen LogP contribution in [0.3, 0.4) is 0 Å². The van der Waals surface area contributed by atoms with Crippen molar-refractivity contribution in [3.05, 3.63) is 74.8 Å².